The van der Waals surface area contributed by atoms with Gasteiger partial charge in [-0.25, -0.2) is 0 Å². The standard InChI is InChI=1S/C25H34N2O4S/c1-12(2)19-15-8-9-16(19)21(24(30)31)20(15)23(29)27-26-22(28)17-11-32-18-10-13(25(3,4)5)6-7-14(17)18/h11,13,15-16,20-21H,6-10H2,1-5H3,(H,26,28)(H,27,29)(H,30,31)/t13-,15+,16+,20-,21+/m0/s1. The molecule has 3 N–H and O–H groups in total. The number of nitrogens with one attached hydrogen (secondary N) is 2. The molecule has 1 aromatic rings. The van der Waals surface area contributed by atoms with Gasteiger partial charge in [-0.3, -0.25) is 25.2 Å². The quantitative estimate of drug-likeness (QED) is 0.463. The van der Waals surface area contributed by atoms with E-state index in [-0.39, 0.29) is 23.2 Å². The lowest BCUT2D eigenvalue weighted by molar-refractivity contribution is -0.149. The van der Waals surface area contributed by atoms with Gasteiger partial charge in [0.05, 0.1) is 17.4 Å². The minimum atomic E-state index is -0.928. The summed E-state index contributed by atoms with van der Waals surface area (Å²) in [6, 6.07) is 0. The first kappa shape index (κ1) is 23.0. The van der Waals surface area contributed by atoms with Crippen LogP contribution < -0.4 is 10.9 Å². The molecule has 5 atom stereocenters. The van der Waals surface area contributed by atoms with Crippen LogP contribution in [0.3, 0.4) is 0 Å². The Hall–Kier alpha value is -2.15. The van der Waals surface area contributed by atoms with Crippen molar-refractivity contribution in [2.75, 3.05) is 0 Å². The largest absolute Gasteiger partial charge is 0.481 e. The zero-order valence-corrected chi connectivity index (χ0v) is 20.4. The fourth-order valence-corrected chi connectivity index (χ4v) is 7.48. The Balaban J connectivity index is 1.44. The monoisotopic (exact) mass is 458 g/mol. The number of thiophene rings is 1. The molecule has 0 aliphatic heterocycles. The first-order valence-corrected chi connectivity index (χ1v) is 12.5. The maximum atomic E-state index is 13.0. The van der Waals surface area contributed by atoms with Crippen molar-refractivity contribution in [3.8, 4) is 0 Å². The van der Waals surface area contributed by atoms with E-state index in [1.54, 1.807) is 11.3 Å². The summed E-state index contributed by atoms with van der Waals surface area (Å²) in [4.78, 5) is 39.1. The van der Waals surface area contributed by atoms with Gasteiger partial charge in [-0.2, -0.15) is 0 Å². The summed E-state index contributed by atoms with van der Waals surface area (Å²) in [5, 5.41) is 11.7. The zero-order valence-electron chi connectivity index (χ0n) is 19.6. The number of hydrogen-bond acceptors (Lipinski definition) is 4. The predicted molar refractivity (Wildman–Crippen MR) is 124 cm³/mol. The van der Waals surface area contributed by atoms with Crippen LogP contribution in [0.15, 0.2) is 16.5 Å². The summed E-state index contributed by atoms with van der Waals surface area (Å²) in [6.07, 6.45) is 4.55. The van der Waals surface area contributed by atoms with E-state index < -0.39 is 23.7 Å². The normalized spacial score (nSPS) is 28.9. The summed E-state index contributed by atoms with van der Waals surface area (Å²) >= 11 is 1.62. The molecule has 0 unspecified atom stereocenters. The fourth-order valence-electron chi connectivity index (χ4n) is 6.32. The van der Waals surface area contributed by atoms with Crippen LogP contribution in [-0.2, 0) is 22.4 Å². The van der Waals surface area contributed by atoms with Crippen LogP contribution in [0.25, 0.3) is 0 Å². The van der Waals surface area contributed by atoms with Gasteiger partial charge in [-0.05, 0) is 74.7 Å². The molecule has 1 aromatic heterocycles. The van der Waals surface area contributed by atoms with Gasteiger partial charge in [0, 0.05) is 10.3 Å². The summed E-state index contributed by atoms with van der Waals surface area (Å²) in [6.45, 7) is 10.8. The Kier molecular flexibility index (Phi) is 5.99. The maximum Gasteiger partial charge on any atom is 0.307 e. The molecule has 2 saturated carbocycles. The van der Waals surface area contributed by atoms with Gasteiger partial charge in [0.2, 0.25) is 5.91 Å². The number of fused-ring (bicyclic) bond motifs is 3. The number of carbonyl (C=O) groups excluding carboxylic acids is 2. The third-order valence-corrected chi connectivity index (χ3v) is 8.98. The molecule has 174 valence electrons. The van der Waals surface area contributed by atoms with Crippen LogP contribution in [0.4, 0.5) is 0 Å². The topological polar surface area (TPSA) is 95.5 Å². The maximum absolute atomic E-state index is 13.0. The van der Waals surface area contributed by atoms with Gasteiger partial charge in [-0.15, -0.1) is 11.3 Å². The molecule has 2 fully saturated rings. The molecule has 0 radical (unpaired) electrons. The summed E-state index contributed by atoms with van der Waals surface area (Å²) in [7, 11) is 0. The molecule has 4 rings (SSSR count). The van der Waals surface area contributed by atoms with E-state index in [9.17, 15) is 19.5 Å². The highest BCUT2D eigenvalue weighted by Crippen LogP contribution is 2.57. The van der Waals surface area contributed by atoms with Crippen molar-refractivity contribution in [1.29, 1.82) is 0 Å². The molecular formula is C25H34N2O4S. The van der Waals surface area contributed by atoms with Crippen LogP contribution >= 0.6 is 11.3 Å². The highest BCUT2D eigenvalue weighted by Gasteiger charge is 2.57. The van der Waals surface area contributed by atoms with Crippen LogP contribution in [-0.4, -0.2) is 22.9 Å². The van der Waals surface area contributed by atoms with E-state index in [0.29, 0.717) is 11.5 Å². The van der Waals surface area contributed by atoms with Crippen LogP contribution in [0.2, 0.25) is 0 Å². The third-order valence-electron chi connectivity index (χ3n) is 7.93. The van der Waals surface area contributed by atoms with Crippen molar-refractivity contribution < 1.29 is 19.5 Å². The predicted octanol–water partition coefficient (Wildman–Crippen LogP) is 4.35. The van der Waals surface area contributed by atoms with Crippen LogP contribution in [0.1, 0.15) is 74.7 Å². The van der Waals surface area contributed by atoms with Gasteiger partial charge in [0.1, 0.15) is 0 Å². The molecule has 2 amide bonds. The summed E-state index contributed by atoms with van der Waals surface area (Å²) in [5.41, 5.74) is 9.34. The van der Waals surface area contributed by atoms with Crippen molar-refractivity contribution >= 4 is 29.1 Å². The molecule has 0 spiro atoms. The Bertz CT molecular complexity index is 983. The number of carbonyl (C=O) groups is 3. The number of allylic oxidation sites excluding steroid dienone is 2. The van der Waals surface area contributed by atoms with Crippen molar-refractivity contribution in [3.63, 3.8) is 0 Å². The number of amides is 2. The number of rotatable bonds is 3. The van der Waals surface area contributed by atoms with E-state index in [4.69, 9.17) is 0 Å². The molecule has 0 aromatic carbocycles. The lowest BCUT2D eigenvalue weighted by atomic mass is 9.72. The average molecular weight is 459 g/mol. The Morgan fingerprint density at radius 3 is 2.28 bits per heavy atom. The van der Waals surface area contributed by atoms with Crippen molar-refractivity contribution in [2.45, 2.75) is 66.7 Å². The van der Waals surface area contributed by atoms with E-state index >= 15 is 0 Å². The summed E-state index contributed by atoms with van der Waals surface area (Å²) < 4.78 is 0. The molecule has 3 aliphatic carbocycles. The second kappa shape index (κ2) is 8.32. The number of hydrazine groups is 1. The van der Waals surface area contributed by atoms with Crippen molar-refractivity contribution in [3.05, 3.63) is 32.5 Å². The zero-order chi connectivity index (χ0) is 23.4. The van der Waals surface area contributed by atoms with Gasteiger partial charge in [0.25, 0.3) is 5.91 Å². The van der Waals surface area contributed by atoms with Gasteiger partial charge >= 0.3 is 5.97 Å². The highest BCUT2D eigenvalue weighted by molar-refractivity contribution is 7.10. The van der Waals surface area contributed by atoms with Gasteiger partial charge in [0.15, 0.2) is 0 Å². The minimum Gasteiger partial charge on any atom is -0.481 e. The van der Waals surface area contributed by atoms with Crippen LogP contribution in [0.5, 0.6) is 0 Å². The van der Waals surface area contributed by atoms with Gasteiger partial charge < -0.3 is 5.11 Å². The lowest BCUT2D eigenvalue weighted by Gasteiger charge is -2.34. The Labute approximate surface area is 193 Å². The summed E-state index contributed by atoms with van der Waals surface area (Å²) in [5.74, 6) is -2.53. The number of carboxylic acids is 1. The van der Waals surface area contributed by atoms with E-state index in [1.165, 1.54) is 4.88 Å². The second-order valence-electron chi connectivity index (χ2n) is 10.9. The average Bonchev–Trinajstić information content (AvgIpc) is 3.41. The molecular weight excluding hydrogens is 424 g/mol. The molecule has 32 heavy (non-hydrogen) atoms. The third kappa shape index (κ3) is 3.89. The Morgan fingerprint density at radius 1 is 1.03 bits per heavy atom. The number of aliphatic carboxylic acids is 1. The van der Waals surface area contributed by atoms with E-state index in [0.717, 1.165) is 48.8 Å². The molecule has 7 heteroatoms. The highest BCUT2D eigenvalue weighted by atomic mass is 32.1. The molecule has 6 nitrogen and oxygen atoms in total. The molecule has 0 saturated heterocycles. The second-order valence-corrected chi connectivity index (χ2v) is 11.9. The van der Waals surface area contributed by atoms with Crippen LogP contribution in [0, 0.1) is 35.0 Å². The van der Waals surface area contributed by atoms with E-state index in [2.05, 4.69) is 31.6 Å². The number of hydrogen-bond donors (Lipinski definition) is 3. The Morgan fingerprint density at radius 2 is 1.69 bits per heavy atom. The minimum absolute atomic E-state index is 0.0498. The van der Waals surface area contributed by atoms with Gasteiger partial charge in [-0.1, -0.05) is 31.9 Å². The van der Waals surface area contributed by atoms with E-state index in [1.807, 2.05) is 19.2 Å². The first-order valence-electron chi connectivity index (χ1n) is 11.6. The first-order chi connectivity index (χ1) is 15.0. The molecule has 1 heterocycles. The number of carboxylic acid groups (broad SMARTS) is 1. The fraction of sp³-hybridized carbons (Fsp3) is 0.640. The molecule has 3 aliphatic rings. The van der Waals surface area contributed by atoms with Crippen molar-refractivity contribution in [1.82, 2.24) is 10.9 Å². The lowest BCUT2D eigenvalue weighted by Crippen LogP contribution is -2.48. The molecule has 2 bridgehead atoms. The van der Waals surface area contributed by atoms with Crippen molar-refractivity contribution in [2.24, 2.45) is 35.0 Å². The smallest absolute Gasteiger partial charge is 0.307 e. The SMILES string of the molecule is CC(C)=C1[C@H]2CC[C@H]1[C@@H](C(=O)O)[C@H]2C(=O)NNC(=O)c1csc2c1CC[C@H](C(C)(C)C)C2.